The smallest absolute Gasteiger partial charge is 0.319 e. The van der Waals surface area contributed by atoms with Crippen LogP contribution in [0.3, 0.4) is 0 Å². The Morgan fingerprint density at radius 3 is 2.52 bits per heavy atom. The maximum absolute atomic E-state index is 12.1. The van der Waals surface area contributed by atoms with Crippen molar-refractivity contribution in [3.8, 4) is 11.5 Å². The Morgan fingerprint density at radius 2 is 2.04 bits per heavy atom. The summed E-state index contributed by atoms with van der Waals surface area (Å²) in [6.45, 7) is 3.95. The average Bonchev–Trinajstić information content (AvgIpc) is 3.34. The summed E-state index contributed by atoms with van der Waals surface area (Å²) in [5.41, 5.74) is 0.472. The molecule has 23 heavy (non-hydrogen) atoms. The van der Waals surface area contributed by atoms with E-state index in [0.29, 0.717) is 30.8 Å². The Hall–Kier alpha value is -2.50. The van der Waals surface area contributed by atoms with Crippen LogP contribution in [-0.4, -0.2) is 31.2 Å². The van der Waals surface area contributed by atoms with Gasteiger partial charge in [0.1, 0.15) is 5.41 Å². The Kier molecular flexibility index (Phi) is 4.93. The first-order valence-corrected chi connectivity index (χ1v) is 7.35. The van der Waals surface area contributed by atoms with E-state index in [1.54, 1.807) is 26.4 Å². The molecular weight excluding hydrogens is 298 g/mol. The van der Waals surface area contributed by atoms with Gasteiger partial charge in [0.25, 0.3) is 0 Å². The Morgan fingerprint density at radius 1 is 1.35 bits per heavy atom. The second-order valence-electron chi connectivity index (χ2n) is 5.55. The van der Waals surface area contributed by atoms with Crippen molar-refractivity contribution in [2.45, 2.75) is 25.8 Å². The Balaban J connectivity index is 2.16. The molecule has 1 aromatic carbocycles. The maximum atomic E-state index is 12.1. The number of carboxylic acid groups (broad SMARTS) is 1. The highest BCUT2D eigenvalue weighted by Gasteiger charge is 2.56. The van der Waals surface area contributed by atoms with Gasteiger partial charge in [-0.15, -0.1) is 6.58 Å². The van der Waals surface area contributed by atoms with E-state index >= 15 is 0 Å². The number of amides is 1. The largest absolute Gasteiger partial charge is 0.493 e. The molecule has 124 valence electrons. The maximum Gasteiger partial charge on any atom is 0.319 e. The number of carboxylic acids is 1. The number of methoxy groups -OCH3 is 2. The van der Waals surface area contributed by atoms with Crippen LogP contribution in [0.4, 0.5) is 0 Å². The van der Waals surface area contributed by atoms with Crippen LogP contribution in [0.25, 0.3) is 0 Å². The molecule has 1 saturated carbocycles. The minimum Gasteiger partial charge on any atom is -0.493 e. The van der Waals surface area contributed by atoms with Crippen LogP contribution in [0.2, 0.25) is 0 Å². The van der Waals surface area contributed by atoms with Crippen LogP contribution >= 0.6 is 0 Å². The third-order valence-corrected chi connectivity index (χ3v) is 4.03. The van der Waals surface area contributed by atoms with Crippen molar-refractivity contribution in [1.82, 2.24) is 5.32 Å². The first kappa shape index (κ1) is 16.9. The number of aliphatic carboxylic acids is 1. The van der Waals surface area contributed by atoms with E-state index in [4.69, 9.17) is 14.6 Å². The predicted molar refractivity (Wildman–Crippen MR) is 84.6 cm³/mol. The van der Waals surface area contributed by atoms with Gasteiger partial charge >= 0.3 is 5.97 Å². The van der Waals surface area contributed by atoms with Gasteiger partial charge in [0.2, 0.25) is 5.91 Å². The van der Waals surface area contributed by atoms with E-state index in [1.807, 2.05) is 6.07 Å². The van der Waals surface area contributed by atoms with E-state index in [2.05, 4.69) is 11.9 Å². The van der Waals surface area contributed by atoms with Crippen molar-refractivity contribution in [2.75, 3.05) is 14.2 Å². The second kappa shape index (κ2) is 6.73. The fraction of sp³-hybridized carbons (Fsp3) is 0.412. The number of carbonyl (C=O) groups is 2. The van der Waals surface area contributed by atoms with E-state index in [-0.39, 0.29) is 6.54 Å². The molecule has 0 aromatic heterocycles. The summed E-state index contributed by atoms with van der Waals surface area (Å²) in [6, 6.07) is 3.66. The summed E-state index contributed by atoms with van der Waals surface area (Å²) in [6.07, 6.45) is 3.13. The number of ether oxygens (including phenoxy) is 2. The van der Waals surface area contributed by atoms with E-state index < -0.39 is 17.3 Å². The molecule has 1 amide bonds. The molecule has 0 saturated heterocycles. The highest BCUT2D eigenvalue weighted by atomic mass is 16.5. The SMILES string of the molecule is C=CCc1cc(CNC(=O)C2(C(=O)O)CC2)cc(OC)c1OC. The van der Waals surface area contributed by atoms with Crippen LogP contribution in [-0.2, 0) is 22.6 Å². The lowest BCUT2D eigenvalue weighted by Crippen LogP contribution is -2.36. The fourth-order valence-corrected chi connectivity index (χ4v) is 2.53. The van der Waals surface area contributed by atoms with E-state index in [9.17, 15) is 9.59 Å². The summed E-state index contributed by atoms with van der Waals surface area (Å²) in [7, 11) is 3.11. The van der Waals surface area contributed by atoms with Crippen molar-refractivity contribution in [3.63, 3.8) is 0 Å². The lowest BCUT2D eigenvalue weighted by molar-refractivity contribution is -0.149. The van der Waals surface area contributed by atoms with Gasteiger partial charge in [-0.1, -0.05) is 6.08 Å². The quantitative estimate of drug-likeness (QED) is 0.565. The van der Waals surface area contributed by atoms with Crippen molar-refractivity contribution in [2.24, 2.45) is 5.41 Å². The zero-order valence-corrected chi connectivity index (χ0v) is 13.3. The fourth-order valence-electron chi connectivity index (χ4n) is 2.53. The zero-order chi connectivity index (χ0) is 17.0. The number of carbonyl (C=O) groups excluding carboxylic acids is 1. The van der Waals surface area contributed by atoms with Crippen molar-refractivity contribution in [1.29, 1.82) is 0 Å². The first-order chi connectivity index (χ1) is 11.0. The molecule has 0 bridgehead atoms. The van der Waals surface area contributed by atoms with Crippen LogP contribution in [0.15, 0.2) is 24.8 Å². The summed E-state index contributed by atoms with van der Waals surface area (Å²) in [5.74, 6) is -0.304. The number of nitrogens with one attached hydrogen (secondary N) is 1. The molecule has 6 nitrogen and oxygen atoms in total. The van der Waals surface area contributed by atoms with Crippen LogP contribution in [0, 0.1) is 5.41 Å². The molecule has 0 aliphatic heterocycles. The number of benzene rings is 1. The highest BCUT2D eigenvalue weighted by Crippen LogP contribution is 2.46. The molecule has 0 radical (unpaired) electrons. The minimum absolute atomic E-state index is 0.234. The van der Waals surface area contributed by atoms with Gasteiger partial charge in [-0.25, -0.2) is 0 Å². The molecule has 1 fully saturated rings. The third-order valence-electron chi connectivity index (χ3n) is 4.03. The molecule has 2 N–H and O–H groups in total. The summed E-state index contributed by atoms with van der Waals surface area (Å²) < 4.78 is 10.7. The van der Waals surface area contributed by atoms with Crippen LogP contribution in [0.1, 0.15) is 24.0 Å². The van der Waals surface area contributed by atoms with Crippen LogP contribution < -0.4 is 14.8 Å². The molecule has 6 heteroatoms. The van der Waals surface area contributed by atoms with Gasteiger partial charge in [0.15, 0.2) is 11.5 Å². The van der Waals surface area contributed by atoms with E-state index in [0.717, 1.165) is 11.1 Å². The van der Waals surface area contributed by atoms with Gasteiger partial charge in [-0.3, -0.25) is 9.59 Å². The van der Waals surface area contributed by atoms with Gasteiger partial charge in [0, 0.05) is 12.1 Å². The predicted octanol–water partition coefficient (Wildman–Crippen LogP) is 1.91. The molecule has 1 aromatic rings. The topological polar surface area (TPSA) is 84.9 Å². The number of hydrogen-bond acceptors (Lipinski definition) is 4. The Labute approximate surface area is 135 Å². The van der Waals surface area contributed by atoms with Gasteiger partial charge in [0.05, 0.1) is 14.2 Å². The van der Waals surface area contributed by atoms with E-state index in [1.165, 1.54) is 0 Å². The van der Waals surface area contributed by atoms with Gasteiger partial charge < -0.3 is 19.9 Å². The number of hydrogen-bond donors (Lipinski definition) is 2. The number of rotatable bonds is 8. The average molecular weight is 319 g/mol. The van der Waals surface area contributed by atoms with Crippen LogP contribution in [0.5, 0.6) is 11.5 Å². The first-order valence-electron chi connectivity index (χ1n) is 7.35. The monoisotopic (exact) mass is 319 g/mol. The normalized spacial score (nSPS) is 14.7. The highest BCUT2D eigenvalue weighted by molar-refractivity contribution is 6.04. The van der Waals surface area contributed by atoms with Crippen molar-refractivity contribution < 1.29 is 24.2 Å². The lowest BCUT2D eigenvalue weighted by Gasteiger charge is -2.16. The molecule has 0 heterocycles. The molecule has 0 atom stereocenters. The molecule has 1 aliphatic rings. The zero-order valence-electron chi connectivity index (χ0n) is 13.3. The molecule has 1 aliphatic carbocycles. The van der Waals surface area contributed by atoms with Crippen molar-refractivity contribution in [3.05, 3.63) is 35.9 Å². The molecule has 2 rings (SSSR count). The number of allylic oxidation sites excluding steroid dienone is 1. The standard InChI is InChI=1S/C17H21NO5/c1-4-5-12-8-11(9-13(22-2)14(12)23-3)10-18-15(19)17(6-7-17)16(20)21/h4,8-9H,1,5-7,10H2,2-3H3,(H,18,19)(H,20,21). The Bertz CT molecular complexity index is 634. The summed E-state index contributed by atoms with van der Waals surface area (Å²) >= 11 is 0. The summed E-state index contributed by atoms with van der Waals surface area (Å²) in [5, 5.41) is 11.8. The third kappa shape index (κ3) is 3.31. The second-order valence-corrected chi connectivity index (χ2v) is 5.55. The van der Waals surface area contributed by atoms with Gasteiger partial charge in [-0.2, -0.15) is 0 Å². The van der Waals surface area contributed by atoms with Crippen molar-refractivity contribution >= 4 is 11.9 Å². The lowest BCUT2D eigenvalue weighted by atomic mass is 10.0. The minimum atomic E-state index is -1.24. The molecular formula is C17H21NO5. The summed E-state index contributed by atoms with van der Waals surface area (Å²) in [4.78, 5) is 23.2. The molecule has 0 unspecified atom stereocenters. The van der Waals surface area contributed by atoms with Gasteiger partial charge in [-0.05, 0) is 37.0 Å². The molecule has 0 spiro atoms.